The van der Waals surface area contributed by atoms with Gasteiger partial charge in [-0.1, -0.05) is 0 Å². The van der Waals surface area contributed by atoms with Crippen LogP contribution in [0.15, 0.2) is 18.3 Å². The first-order chi connectivity index (χ1) is 8.44. The molecule has 0 saturated heterocycles. The Labute approximate surface area is 103 Å². The fourth-order valence-corrected chi connectivity index (χ4v) is 1.41. The van der Waals surface area contributed by atoms with E-state index >= 15 is 0 Å². The van der Waals surface area contributed by atoms with Crippen LogP contribution in [0.1, 0.15) is 23.8 Å². The molecule has 0 fully saturated rings. The average Bonchev–Trinajstić information content (AvgIpc) is 2.69. The maximum atomic E-state index is 12.2. The third kappa shape index (κ3) is 4.53. The first-order valence-corrected chi connectivity index (χ1v) is 5.34. The van der Waals surface area contributed by atoms with E-state index in [1.807, 2.05) is 0 Å². The van der Waals surface area contributed by atoms with Crippen molar-refractivity contribution in [2.24, 2.45) is 0 Å². The highest BCUT2D eigenvalue weighted by atomic mass is 19.4. The van der Waals surface area contributed by atoms with E-state index in [4.69, 9.17) is 0 Å². The molecule has 0 atom stereocenters. The van der Waals surface area contributed by atoms with Crippen molar-refractivity contribution < 1.29 is 18.0 Å². The zero-order valence-corrected chi connectivity index (χ0v) is 9.84. The van der Waals surface area contributed by atoms with Gasteiger partial charge in [-0.15, -0.1) is 11.8 Å². The van der Waals surface area contributed by atoms with Gasteiger partial charge >= 0.3 is 6.18 Å². The van der Waals surface area contributed by atoms with Crippen molar-refractivity contribution in [3.05, 3.63) is 24.0 Å². The molecule has 1 aromatic rings. The van der Waals surface area contributed by atoms with Crippen LogP contribution >= 0.6 is 0 Å². The van der Waals surface area contributed by atoms with Crippen LogP contribution < -0.4 is 5.32 Å². The number of alkyl halides is 3. The summed E-state index contributed by atoms with van der Waals surface area (Å²) in [6.07, 6.45) is -2.64. The van der Waals surface area contributed by atoms with E-state index in [0.717, 1.165) is 4.57 Å². The molecule has 0 aliphatic carbocycles. The van der Waals surface area contributed by atoms with Crippen LogP contribution in [0.5, 0.6) is 0 Å². The van der Waals surface area contributed by atoms with Gasteiger partial charge in [-0.2, -0.15) is 13.2 Å². The molecular weight excluding hydrogens is 245 g/mol. The zero-order chi connectivity index (χ0) is 13.6. The Morgan fingerprint density at radius 3 is 2.83 bits per heavy atom. The van der Waals surface area contributed by atoms with Gasteiger partial charge in [0.2, 0.25) is 0 Å². The van der Waals surface area contributed by atoms with Gasteiger partial charge in [0, 0.05) is 19.2 Å². The lowest BCUT2D eigenvalue weighted by molar-refractivity contribution is -0.140. The molecule has 0 unspecified atom stereocenters. The van der Waals surface area contributed by atoms with E-state index in [1.165, 1.54) is 18.3 Å². The minimum absolute atomic E-state index is 0.00298. The molecule has 3 nitrogen and oxygen atoms in total. The smallest absolute Gasteiger partial charge is 0.350 e. The Bertz CT molecular complexity index is 466. The Kier molecular flexibility index (Phi) is 4.84. The second-order valence-corrected chi connectivity index (χ2v) is 3.57. The summed E-state index contributed by atoms with van der Waals surface area (Å²) in [4.78, 5) is 11.6. The number of hydrogen-bond donors (Lipinski definition) is 1. The minimum Gasteiger partial charge on any atom is -0.350 e. The highest BCUT2D eigenvalue weighted by Crippen LogP contribution is 2.18. The summed E-state index contributed by atoms with van der Waals surface area (Å²) < 4.78 is 37.6. The van der Waals surface area contributed by atoms with Crippen LogP contribution in [0.25, 0.3) is 0 Å². The number of amides is 1. The van der Waals surface area contributed by atoms with Crippen LogP contribution in [0.3, 0.4) is 0 Å². The predicted octanol–water partition coefficient (Wildman–Crippen LogP) is 2.19. The fourth-order valence-electron chi connectivity index (χ4n) is 1.41. The van der Waals surface area contributed by atoms with Gasteiger partial charge in [0.05, 0.1) is 0 Å². The molecule has 1 N–H and O–H groups in total. The van der Waals surface area contributed by atoms with Gasteiger partial charge in [0.15, 0.2) is 0 Å². The lowest BCUT2D eigenvalue weighted by Crippen LogP contribution is -2.28. The Balaban J connectivity index is 2.62. The number of carbonyl (C=O) groups excluding carboxylic acids is 1. The van der Waals surface area contributed by atoms with Crippen molar-refractivity contribution >= 4 is 5.91 Å². The molecule has 0 radical (unpaired) electrons. The number of carbonyl (C=O) groups is 1. The number of halogens is 3. The number of nitrogens with zero attached hydrogens (tertiary/aromatic N) is 1. The molecule has 1 amide bonds. The molecule has 0 aliphatic heterocycles. The van der Waals surface area contributed by atoms with Crippen molar-refractivity contribution in [3.63, 3.8) is 0 Å². The summed E-state index contributed by atoms with van der Waals surface area (Å²) in [5.41, 5.74) is -0.00298. The van der Waals surface area contributed by atoms with Crippen molar-refractivity contribution in [2.75, 3.05) is 6.54 Å². The van der Waals surface area contributed by atoms with Gasteiger partial charge in [0.25, 0.3) is 5.91 Å². The van der Waals surface area contributed by atoms with Gasteiger partial charge in [-0.25, -0.2) is 0 Å². The van der Waals surface area contributed by atoms with E-state index in [0.29, 0.717) is 13.0 Å². The summed E-state index contributed by atoms with van der Waals surface area (Å²) in [5, 5.41) is 2.52. The van der Waals surface area contributed by atoms with Gasteiger partial charge in [-0.3, -0.25) is 4.79 Å². The Morgan fingerprint density at radius 1 is 1.50 bits per heavy atom. The molecular formula is C12H13F3N2O. The molecule has 0 aromatic carbocycles. The molecule has 18 heavy (non-hydrogen) atoms. The first kappa shape index (κ1) is 14.2. The normalized spacial score (nSPS) is 10.7. The molecule has 6 heteroatoms. The summed E-state index contributed by atoms with van der Waals surface area (Å²) in [7, 11) is 0. The molecule has 1 heterocycles. The minimum atomic E-state index is -4.35. The lowest BCUT2D eigenvalue weighted by atomic mass is 10.3. The maximum Gasteiger partial charge on any atom is 0.406 e. The Hall–Kier alpha value is -1.90. The summed E-state index contributed by atoms with van der Waals surface area (Å²) in [6.45, 7) is 0.824. The van der Waals surface area contributed by atoms with Gasteiger partial charge < -0.3 is 9.88 Å². The highest BCUT2D eigenvalue weighted by molar-refractivity contribution is 5.92. The molecule has 0 bridgehead atoms. The van der Waals surface area contributed by atoms with Crippen molar-refractivity contribution in [2.45, 2.75) is 26.1 Å². The second-order valence-electron chi connectivity index (χ2n) is 3.57. The Morgan fingerprint density at radius 2 is 2.22 bits per heavy atom. The topological polar surface area (TPSA) is 34.0 Å². The molecule has 98 valence electrons. The molecule has 1 aromatic heterocycles. The number of nitrogens with one attached hydrogen (secondary N) is 1. The van der Waals surface area contributed by atoms with E-state index in [2.05, 4.69) is 17.2 Å². The molecule has 0 spiro atoms. The zero-order valence-electron chi connectivity index (χ0n) is 9.84. The average molecular weight is 258 g/mol. The second kappa shape index (κ2) is 6.15. The molecule has 1 rings (SSSR count). The lowest BCUT2D eigenvalue weighted by Gasteiger charge is -2.11. The van der Waals surface area contributed by atoms with E-state index < -0.39 is 18.6 Å². The van der Waals surface area contributed by atoms with E-state index in [1.54, 1.807) is 6.92 Å². The van der Waals surface area contributed by atoms with Crippen molar-refractivity contribution in [1.82, 2.24) is 9.88 Å². The number of rotatable bonds is 4. The maximum absolute atomic E-state index is 12.2. The third-order valence-electron chi connectivity index (χ3n) is 2.12. The SMILES string of the molecule is CC#CCCNC(=O)c1cccn1CC(F)(F)F. The van der Waals surface area contributed by atoms with Crippen molar-refractivity contribution in [1.29, 1.82) is 0 Å². The van der Waals surface area contributed by atoms with Crippen molar-refractivity contribution in [3.8, 4) is 11.8 Å². The molecule has 0 saturated carbocycles. The van der Waals surface area contributed by atoms with Crippen LogP contribution in [-0.2, 0) is 6.54 Å². The largest absolute Gasteiger partial charge is 0.406 e. The highest BCUT2D eigenvalue weighted by Gasteiger charge is 2.29. The van der Waals surface area contributed by atoms with Crippen LogP contribution in [-0.4, -0.2) is 23.2 Å². The first-order valence-electron chi connectivity index (χ1n) is 5.34. The number of hydrogen-bond acceptors (Lipinski definition) is 1. The monoisotopic (exact) mass is 258 g/mol. The summed E-state index contributed by atoms with van der Waals surface area (Å²) in [6, 6.07) is 2.76. The van der Waals surface area contributed by atoms with Crippen LogP contribution in [0.4, 0.5) is 13.2 Å². The van der Waals surface area contributed by atoms with Crippen LogP contribution in [0, 0.1) is 11.8 Å². The summed E-state index contributed by atoms with van der Waals surface area (Å²) in [5.74, 6) is 4.89. The van der Waals surface area contributed by atoms with Gasteiger partial charge in [0.1, 0.15) is 12.2 Å². The molecule has 0 aliphatic rings. The van der Waals surface area contributed by atoms with Crippen LogP contribution in [0.2, 0.25) is 0 Å². The quantitative estimate of drug-likeness (QED) is 0.652. The standard InChI is InChI=1S/C12H13F3N2O/c1-2-3-4-7-16-11(18)10-6-5-8-17(10)9-12(13,14)15/h5-6,8H,4,7,9H2,1H3,(H,16,18). The predicted molar refractivity (Wildman–Crippen MR) is 60.9 cm³/mol. The number of aromatic nitrogens is 1. The summed E-state index contributed by atoms with van der Waals surface area (Å²) >= 11 is 0. The third-order valence-corrected chi connectivity index (χ3v) is 2.12. The van der Waals surface area contributed by atoms with E-state index in [-0.39, 0.29) is 5.69 Å². The van der Waals surface area contributed by atoms with Gasteiger partial charge in [-0.05, 0) is 19.1 Å². The van der Waals surface area contributed by atoms with E-state index in [9.17, 15) is 18.0 Å². The fraction of sp³-hybridized carbons (Fsp3) is 0.417.